The summed E-state index contributed by atoms with van der Waals surface area (Å²) in [7, 11) is 1.52. The number of hydrogen-bond acceptors (Lipinski definition) is 5. The number of methoxy groups -OCH3 is 1. The van der Waals surface area contributed by atoms with Crippen LogP contribution in [0.3, 0.4) is 0 Å². The monoisotopic (exact) mass is 315 g/mol. The zero-order valence-corrected chi connectivity index (χ0v) is 13.0. The smallest absolute Gasteiger partial charge is 0.330 e. The van der Waals surface area contributed by atoms with E-state index in [0.717, 1.165) is 0 Å². The zero-order chi connectivity index (χ0) is 17.0. The molecule has 0 saturated carbocycles. The molecule has 0 spiro atoms. The number of ether oxygens (including phenoxy) is 1. The Labute approximate surface area is 133 Å². The molecule has 7 heteroatoms. The van der Waals surface area contributed by atoms with Crippen LogP contribution in [0, 0.1) is 13.8 Å². The first-order valence-electron chi connectivity index (χ1n) is 6.90. The fraction of sp³-hybridized carbons (Fsp3) is 0.250. The van der Waals surface area contributed by atoms with Gasteiger partial charge in [0.05, 0.1) is 18.4 Å². The van der Waals surface area contributed by atoms with Crippen molar-refractivity contribution in [3.63, 3.8) is 0 Å². The van der Waals surface area contributed by atoms with Crippen molar-refractivity contribution in [3.8, 4) is 5.75 Å². The molecule has 1 atom stereocenters. The Balaban J connectivity index is 2.24. The minimum atomic E-state index is -1.17. The normalized spacial score (nSPS) is 11.6. The molecule has 0 radical (unpaired) electrons. The molecule has 1 unspecified atom stereocenters. The molecule has 2 aromatic rings. The van der Waals surface area contributed by atoms with Crippen molar-refractivity contribution in [2.75, 3.05) is 7.11 Å². The maximum atomic E-state index is 12.3. The Bertz CT molecular complexity index is 729. The van der Waals surface area contributed by atoms with Crippen LogP contribution >= 0.6 is 0 Å². The fourth-order valence-electron chi connectivity index (χ4n) is 2.10. The molecule has 0 aliphatic carbocycles. The zero-order valence-electron chi connectivity index (χ0n) is 13.0. The van der Waals surface area contributed by atoms with E-state index in [1.54, 1.807) is 38.1 Å². The first-order valence-corrected chi connectivity index (χ1v) is 6.90. The maximum Gasteiger partial charge on any atom is 0.330 e. The fourth-order valence-corrected chi connectivity index (χ4v) is 2.10. The van der Waals surface area contributed by atoms with Gasteiger partial charge in [0, 0.05) is 6.20 Å². The number of nitrogens with zero attached hydrogens (tertiary/aromatic N) is 2. The van der Waals surface area contributed by atoms with Gasteiger partial charge in [-0.05, 0) is 31.5 Å². The van der Waals surface area contributed by atoms with Crippen LogP contribution in [0.2, 0.25) is 0 Å². The second kappa shape index (κ2) is 6.87. The van der Waals surface area contributed by atoms with E-state index < -0.39 is 17.9 Å². The highest BCUT2D eigenvalue weighted by molar-refractivity contribution is 5.97. The number of amides is 1. The van der Waals surface area contributed by atoms with Gasteiger partial charge in [-0.15, -0.1) is 0 Å². The first kappa shape index (κ1) is 16.4. The van der Waals surface area contributed by atoms with Gasteiger partial charge >= 0.3 is 5.97 Å². The van der Waals surface area contributed by atoms with Gasteiger partial charge in [0.1, 0.15) is 11.6 Å². The molecule has 0 aliphatic rings. The predicted octanol–water partition coefficient (Wildman–Crippen LogP) is 1.66. The topological polar surface area (TPSA) is 101 Å². The number of hydrogen-bond donors (Lipinski definition) is 2. The van der Waals surface area contributed by atoms with E-state index in [0.29, 0.717) is 22.8 Å². The highest BCUT2D eigenvalue weighted by Gasteiger charge is 2.24. The molecule has 1 aromatic carbocycles. The van der Waals surface area contributed by atoms with Crippen molar-refractivity contribution in [1.82, 2.24) is 15.3 Å². The molecule has 0 aliphatic heterocycles. The number of aromatic nitrogens is 2. The van der Waals surface area contributed by atoms with Crippen LogP contribution < -0.4 is 10.1 Å². The largest absolute Gasteiger partial charge is 0.497 e. The molecule has 23 heavy (non-hydrogen) atoms. The van der Waals surface area contributed by atoms with Crippen LogP contribution in [0.25, 0.3) is 0 Å². The Hall–Kier alpha value is -2.96. The van der Waals surface area contributed by atoms with Crippen LogP contribution in [-0.4, -0.2) is 34.1 Å². The van der Waals surface area contributed by atoms with Crippen LogP contribution in [0.1, 0.15) is 33.5 Å². The van der Waals surface area contributed by atoms with Crippen molar-refractivity contribution in [2.45, 2.75) is 19.9 Å². The van der Waals surface area contributed by atoms with Gasteiger partial charge in [-0.25, -0.2) is 14.8 Å². The van der Waals surface area contributed by atoms with Crippen molar-refractivity contribution >= 4 is 11.9 Å². The summed E-state index contributed by atoms with van der Waals surface area (Å²) in [6.07, 6.45) is 1.39. The molecular weight excluding hydrogens is 298 g/mol. The second-order valence-corrected chi connectivity index (χ2v) is 4.93. The summed E-state index contributed by atoms with van der Waals surface area (Å²) in [6, 6.07) is 5.29. The lowest BCUT2D eigenvalue weighted by atomic mass is 10.1. The first-order chi connectivity index (χ1) is 10.9. The van der Waals surface area contributed by atoms with E-state index in [-0.39, 0.29) is 5.56 Å². The molecule has 0 saturated heterocycles. The molecule has 0 fully saturated rings. The number of carbonyl (C=O) groups excluding carboxylic acids is 1. The molecule has 2 N–H and O–H groups in total. The summed E-state index contributed by atoms with van der Waals surface area (Å²) in [5.41, 5.74) is 1.18. The third kappa shape index (κ3) is 3.82. The predicted molar refractivity (Wildman–Crippen MR) is 82.3 cm³/mol. The average molecular weight is 315 g/mol. The number of carbonyl (C=O) groups is 2. The molecule has 1 heterocycles. The van der Waals surface area contributed by atoms with Gasteiger partial charge in [0.2, 0.25) is 0 Å². The number of rotatable bonds is 5. The summed E-state index contributed by atoms with van der Waals surface area (Å²) < 4.78 is 5.04. The number of carboxylic acid groups (broad SMARTS) is 1. The minimum absolute atomic E-state index is 0.246. The van der Waals surface area contributed by atoms with Gasteiger partial charge < -0.3 is 15.2 Å². The van der Waals surface area contributed by atoms with Crippen molar-refractivity contribution in [2.24, 2.45) is 0 Å². The van der Waals surface area contributed by atoms with E-state index in [9.17, 15) is 14.7 Å². The Morgan fingerprint density at radius 2 is 1.87 bits per heavy atom. The lowest BCUT2D eigenvalue weighted by molar-refractivity contribution is -0.139. The summed E-state index contributed by atoms with van der Waals surface area (Å²) in [4.78, 5) is 31.9. The van der Waals surface area contributed by atoms with Crippen molar-refractivity contribution in [1.29, 1.82) is 0 Å². The summed E-state index contributed by atoms with van der Waals surface area (Å²) in [5, 5.41) is 11.9. The lowest BCUT2D eigenvalue weighted by Crippen LogP contribution is -2.34. The van der Waals surface area contributed by atoms with Gasteiger partial charge in [-0.1, -0.05) is 12.1 Å². The minimum Gasteiger partial charge on any atom is -0.497 e. The number of carboxylic acids is 1. The third-order valence-corrected chi connectivity index (χ3v) is 3.32. The summed E-state index contributed by atoms with van der Waals surface area (Å²) in [6.45, 7) is 3.39. The van der Waals surface area contributed by atoms with Gasteiger partial charge in [0.25, 0.3) is 5.91 Å². The van der Waals surface area contributed by atoms with Gasteiger partial charge in [-0.3, -0.25) is 4.79 Å². The number of aryl methyl sites for hydroxylation is 2. The highest BCUT2D eigenvalue weighted by atomic mass is 16.5. The molecule has 2 rings (SSSR count). The molecule has 120 valence electrons. The number of nitrogens with one attached hydrogen (secondary N) is 1. The average Bonchev–Trinajstić information content (AvgIpc) is 2.52. The Morgan fingerprint density at radius 3 is 2.39 bits per heavy atom. The van der Waals surface area contributed by atoms with Crippen LogP contribution in [0.15, 0.2) is 30.5 Å². The molecular formula is C16H17N3O4. The number of benzene rings is 1. The summed E-state index contributed by atoms with van der Waals surface area (Å²) >= 11 is 0. The van der Waals surface area contributed by atoms with Crippen molar-refractivity contribution < 1.29 is 19.4 Å². The Morgan fingerprint density at radius 1 is 1.22 bits per heavy atom. The van der Waals surface area contributed by atoms with Gasteiger partial charge in [-0.2, -0.15) is 0 Å². The van der Waals surface area contributed by atoms with E-state index in [1.165, 1.54) is 13.3 Å². The third-order valence-electron chi connectivity index (χ3n) is 3.32. The van der Waals surface area contributed by atoms with E-state index in [2.05, 4.69) is 15.3 Å². The van der Waals surface area contributed by atoms with Crippen LogP contribution in [0.5, 0.6) is 5.75 Å². The SMILES string of the molecule is COc1ccc(C(NC(=O)c2cnc(C)nc2C)C(=O)O)cc1. The quantitative estimate of drug-likeness (QED) is 0.870. The van der Waals surface area contributed by atoms with E-state index in [4.69, 9.17) is 4.74 Å². The number of aliphatic carboxylic acids is 1. The summed E-state index contributed by atoms with van der Waals surface area (Å²) in [5.74, 6) is -0.545. The molecule has 1 amide bonds. The Kier molecular flexibility index (Phi) is 4.90. The van der Waals surface area contributed by atoms with E-state index in [1.807, 2.05) is 0 Å². The molecule has 0 bridgehead atoms. The molecule has 7 nitrogen and oxygen atoms in total. The van der Waals surface area contributed by atoms with Crippen LogP contribution in [0.4, 0.5) is 0 Å². The van der Waals surface area contributed by atoms with Crippen LogP contribution in [-0.2, 0) is 4.79 Å². The lowest BCUT2D eigenvalue weighted by Gasteiger charge is -2.16. The maximum absolute atomic E-state index is 12.3. The standard InChI is InChI=1S/C16H17N3O4/c1-9-13(8-17-10(2)18-9)15(20)19-14(16(21)22)11-4-6-12(23-3)7-5-11/h4-8,14H,1-3H3,(H,19,20)(H,21,22). The molecule has 1 aromatic heterocycles. The van der Waals surface area contributed by atoms with Gasteiger partial charge in [0.15, 0.2) is 6.04 Å². The highest BCUT2D eigenvalue weighted by Crippen LogP contribution is 2.19. The van der Waals surface area contributed by atoms with Crippen molar-refractivity contribution in [3.05, 3.63) is 53.1 Å². The second-order valence-electron chi connectivity index (χ2n) is 4.93. The van der Waals surface area contributed by atoms with E-state index >= 15 is 0 Å².